The number of hydrogen-bond donors (Lipinski definition) is 1. The van der Waals surface area contributed by atoms with Gasteiger partial charge in [0.05, 0.1) is 12.3 Å². The molecule has 1 N–H and O–H groups in total. The molecule has 1 fully saturated rings. The lowest BCUT2D eigenvalue weighted by Gasteiger charge is -2.21. The van der Waals surface area contributed by atoms with Gasteiger partial charge in [-0.3, -0.25) is 4.79 Å². The standard InChI is InChI=1S/C23H27ClNO3P/c1-17-12-20(24)13-18(2)23(17)25-21(26)15-29(10-6-7-11-29)16-22(27)28-14-19-8-4-3-5-9-19/h3-5,8-9,12-13H,6-7,10-11,14-16H2,1-2H3/p+1. The number of esters is 1. The zero-order valence-electron chi connectivity index (χ0n) is 17.0. The van der Waals surface area contributed by atoms with Crippen molar-refractivity contribution < 1.29 is 14.3 Å². The quantitative estimate of drug-likeness (QED) is 0.467. The molecule has 0 bridgehead atoms. The monoisotopic (exact) mass is 432 g/mol. The number of hydrogen-bond acceptors (Lipinski definition) is 3. The van der Waals surface area contributed by atoms with Crippen LogP contribution in [-0.2, 0) is 20.9 Å². The molecule has 29 heavy (non-hydrogen) atoms. The summed E-state index contributed by atoms with van der Waals surface area (Å²) in [7, 11) is -1.67. The van der Waals surface area contributed by atoms with Crippen molar-refractivity contribution in [3.05, 3.63) is 64.2 Å². The number of anilines is 1. The molecule has 154 valence electrons. The highest BCUT2D eigenvalue weighted by Gasteiger charge is 2.45. The Morgan fingerprint density at radius 2 is 1.66 bits per heavy atom. The van der Waals surface area contributed by atoms with Crippen molar-refractivity contribution >= 4 is 36.4 Å². The molecular formula is C23H28ClNO3P+. The summed E-state index contributed by atoms with van der Waals surface area (Å²) in [6.07, 6.45) is 4.98. The molecule has 1 aliphatic rings. The fraction of sp³-hybridized carbons (Fsp3) is 0.391. The Morgan fingerprint density at radius 3 is 2.28 bits per heavy atom. The minimum Gasteiger partial charge on any atom is -0.458 e. The van der Waals surface area contributed by atoms with Gasteiger partial charge in [-0.25, -0.2) is 4.79 Å². The summed E-state index contributed by atoms with van der Waals surface area (Å²) in [5.74, 6) is -0.194. The first kappa shape index (κ1) is 21.8. The Hall–Kier alpha value is -1.90. The molecule has 1 aliphatic heterocycles. The zero-order chi connectivity index (χ0) is 20.9. The second kappa shape index (κ2) is 9.73. The van der Waals surface area contributed by atoms with Crippen molar-refractivity contribution in [1.82, 2.24) is 0 Å². The van der Waals surface area contributed by atoms with Gasteiger partial charge in [0.1, 0.15) is 12.8 Å². The molecule has 1 saturated heterocycles. The highest BCUT2D eigenvalue weighted by atomic mass is 35.5. The summed E-state index contributed by atoms with van der Waals surface area (Å²) in [6.45, 7) is 4.17. The summed E-state index contributed by atoms with van der Waals surface area (Å²) in [5.41, 5.74) is 3.70. The normalized spacial score (nSPS) is 15.1. The third-order valence-electron chi connectivity index (χ3n) is 5.46. The fourth-order valence-electron chi connectivity index (χ4n) is 4.03. The molecule has 2 aromatic rings. The zero-order valence-corrected chi connectivity index (χ0v) is 18.7. The van der Waals surface area contributed by atoms with E-state index in [0.29, 0.717) is 17.3 Å². The van der Waals surface area contributed by atoms with Gasteiger partial charge in [-0.05, 0) is 55.5 Å². The van der Waals surface area contributed by atoms with Crippen molar-refractivity contribution in [1.29, 1.82) is 0 Å². The first-order chi connectivity index (χ1) is 13.9. The van der Waals surface area contributed by atoms with Gasteiger partial charge in [-0.15, -0.1) is 0 Å². The van der Waals surface area contributed by atoms with Crippen molar-refractivity contribution in [2.24, 2.45) is 0 Å². The largest absolute Gasteiger partial charge is 0.458 e. The average molecular weight is 433 g/mol. The summed E-state index contributed by atoms with van der Waals surface area (Å²) in [6, 6.07) is 13.4. The molecule has 0 aromatic heterocycles. The molecule has 1 amide bonds. The number of carbonyl (C=O) groups is 2. The van der Waals surface area contributed by atoms with E-state index >= 15 is 0 Å². The second-order valence-electron chi connectivity index (χ2n) is 7.92. The lowest BCUT2D eigenvalue weighted by molar-refractivity contribution is -0.141. The van der Waals surface area contributed by atoms with Crippen molar-refractivity contribution in [3.63, 3.8) is 0 Å². The average Bonchev–Trinajstić information content (AvgIpc) is 3.11. The van der Waals surface area contributed by atoms with Crippen molar-refractivity contribution in [2.45, 2.75) is 33.3 Å². The molecule has 0 unspecified atom stereocenters. The number of carbonyl (C=O) groups excluding carboxylic acids is 2. The number of benzene rings is 2. The lowest BCUT2D eigenvalue weighted by Crippen LogP contribution is -2.25. The molecule has 6 heteroatoms. The summed E-state index contributed by atoms with van der Waals surface area (Å²) >= 11 is 6.09. The third kappa shape index (κ3) is 6.04. The van der Waals surface area contributed by atoms with Crippen LogP contribution in [0.4, 0.5) is 5.69 Å². The van der Waals surface area contributed by atoms with Gasteiger partial charge >= 0.3 is 5.97 Å². The smallest absolute Gasteiger partial charge is 0.344 e. The Morgan fingerprint density at radius 1 is 1.03 bits per heavy atom. The van der Waals surface area contributed by atoms with Gasteiger partial charge in [-0.2, -0.15) is 0 Å². The van der Waals surface area contributed by atoms with Crippen molar-refractivity contribution in [3.8, 4) is 0 Å². The van der Waals surface area contributed by atoms with E-state index in [4.69, 9.17) is 16.3 Å². The maximum absolute atomic E-state index is 12.9. The summed E-state index contributed by atoms with van der Waals surface area (Å²) in [4.78, 5) is 25.4. The predicted molar refractivity (Wildman–Crippen MR) is 121 cm³/mol. The SMILES string of the molecule is Cc1cc(Cl)cc(C)c1NC(=O)C[P+]1(CC(=O)OCc2ccccc2)CCCC1. The van der Waals surface area contributed by atoms with E-state index in [1.807, 2.05) is 56.3 Å². The van der Waals surface area contributed by atoms with Crippen LogP contribution in [0, 0.1) is 13.8 Å². The van der Waals surface area contributed by atoms with Gasteiger partial charge < -0.3 is 10.1 Å². The lowest BCUT2D eigenvalue weighted by atomic mass is 10.1. The summed E-state index contributed by atoms with van der Waals surface area (Å²) in [5, 5.41) is 3.73. The number of nitrogens with one attached hydrogen (secondary N) is 1. The topological polar surface area (TPSA) is 55.4 Å². The Bertz CT molecular complexity index is 856. The van der Waals surface area contributed by atoms with Gasteiger partial charge in [0, 0.05) is 18.0 Å². The van der Waals surface area contributed by atoms with E-state index < -0.39 is 7.26 Å². The van der Waals surface area contributed by atoms with Crippen LogP contribution in [-0.4, -0.2) is 36.5 Å². The van der Waals surface area contributed by atoms with E-state index in [-0.39, 0.29) is 18.5 Å². The maximum atomic E-state index is 12.9. The molecule has 0 aliphatic carbocycles. The van der Waals surface area contributed by atoms with Crippen molar-refractivity contribution in [2.75, 3.05) is 30.0 Å². The van der Waals surface area contributed by atoms with E-state index in [0.717, 1.165) is 47.5 Å². The van der Waals surface area contributed by atoms with E-state index in [2.05, 4.69) is 5.32 Å². The molecule has 0 atom stereocenters. The van der Waals surface area contributed by atoms with Crippen LogP contribution in [0.15, 0.2) is 42.5 Å². The van der Waals surface area contributed by atoms with Gasteiger partial charge in [-0.1, -0.05) is 41.9 Å². The van der Waals surface area contributed by atoms with Crippen LogP contribution in [0.3, 0.4) is 0 Å². The fourth-order valence-corrected chi connectivity index (χ4v) is 8.44. The predicted octanol–water partition coefficient (Wildman–Crippen LogP) is 5.45. The van der Waals surface area contributed by atoms with E-state index in [1.165, 1.54) is 0 Å². The molecule has 2 aromatic carbocycles. The molecule has 0 radical (unpaired) electrons. The molecular weight excluding hydrogens is 405 g/mol. The summed E-state index contributed by atoms with van der Waals surface area (Å²) < 4.78 is 5.51. The molecule has 0 spiro atoms. The minimum absolute atomic E-state index is 0.00962. The number of aryl methyl sites for hydroxylation is 2. The first-order valence-corrected chi connectivity index (χ1v) is 12.9. The maximum Gasteiger partial charge on any atom is 0.344 e. The minimum atomic E-state index is -1.67. The third-order valence-corrected chi connectivity index (χ3v) is 10.1. The number of amides is 1. The molecule has 4 nitrogen and oxygen atoms in total. The Labute approximate surface area is 178 Å². The number of rotatable bonds is 7. The van der Waals surface area contributed by atoms with Gasteiger partial charge in [0.15, 0.2) is 6.16 Å². The highest BCUT2D eigenvalue weighted by Crippen LogP contribution is 2.63. The van der Waals surface area contributed by atoms with Crippen LogP contribution in [0.25, 0.3) is 0 Å². The molecule has 0 saturated carbocycles. The molecule has 3 rings (SSSR count). The van der Waals surface area contributed by atoms with Crippen LogP contribution in [0.2, 0.25) is 5.02 Å². The molecule has 1 heterocycles. The van der Waals surface area contributed by atoms with Crippen LogP contribution >= 0.6 is 18.9 Å². The van der Waals surface area contributed by atoms with Crippen LogP contribution in [0.1, 0.15) is 29.5 Å². The van der Waals surface area contributed by atoms with E-state index in [1.54, 1.807) is 0 Å². The van der Waals surface area contributed by atoms with Gasteiger partial charge in [0.2, 0.25) is 0 Å². The van der Waals surface area contributed by atoms with Crippen LogP contribution < -0.4 is 5.32 Å². The Balaban J connectivity index is 1.61. The Kier molecular flexibility index (Phi) is 7.32. The highest BCUT2D eigenvalue weighted by molar-refractivity contribution is 7.77. The number of halogens is 1. The van der Waals surface area contributed by atoms with E-state index in [9.17, 15) is 9.59 Å². The number of ether oxygens (including phenoxy) is 1. The van der Waals surface area contributed by atoms with Crippen LogP contribution in [0.5, 0.6) is 0 Å². The first-order valence-electron chi connectivity index (χ1n) is 9.98. The second-order valence-corrected chi connectivity index (χ2v) is 12.6. The van der Waals surface area contributed by atoms with Gasteiger partial charge in [0.25, 0.3) is 5.91 Å².